The Morgan fingerprint density at radius 1 is 1.11 bits per heavy atom. The SMILES string of the molecule is COc1cc(-c2nc3cnccn3c2Nc2c(C)cccc2C)ccc1O. The summed E-state index contributed by atoms with van der Waals surface area (Å²) in [5.41, 5.74) is 5.66. The molecule has 27 heavy (non-hydrogen) atoms. The molecule has 0 unspecified atom stereocenters. The molecule has 0 aliphatic carbocycles. The van der Waals surface area contributed by atoms with Crippen molar-refractivity contribution in [2.75, 3.05) is 12.4 Å². The molecule has 4 aromatic rings. The van der Waals surface area contributed by atoms with Crippen LogP contribution in [0.4, 0.5) is 11.5 Å². The van der Waals surface area contributed by atoms with E-state index in [-0.39, 0.29) is 5.75 Å². The first kappa shape index (κ1) is 16.9. The Morgan fingerprint density at radius 3 is 2.63 bits per heavy atom. The number of hydrogen-bond donors (Lipinski definition) is 2. The largest absolute Gasteiger partial charge is 0.504 e. The molecule has 6 nitrogen and oxygen atoms in total. The van der Waals surface area contributed by atoms with Gasteiger partial charge in [0.1, 0.15) is 11.5 Å². The summed E-state index contributed by atoms with van der Waals surface area (Å²) in [6.45, 7) is 4.15. The van der Waals surface area contributed by atoms with E-state index in [2.05, 4.69) is 36.3 Å². The number of phenolic OH excluding ortho intramolecular Hbond substituents is 1. The van der Waals surface area contributed by atoms with Crippen molar-refractivity contribution in [3.8, 4) is 22.8 Å². The number of rotatable bonds is 4. The Labute approximate surface area is 157 Å². The number of imidazole rings is 1. The Bertz CT molecular complexity index is 1110. The Balaban J connectivity index is 1.93. The molecule has 6 heteroatoms. The monoisotopic (exact) mass is 360 g/mol. The van der Waals surface area contributed by atoms with Crippen LogP contribution >= 0.6 is 0 Å². The van der Waals surface area contributed by atoms with Crippen LogP contribution in [0.25, 0.3) is 16.9 Å². The number of nitrogens with one attached hydrogen (secondary N) is 1. The number of benzene rings is 2. The topological polar surface area (TPSA) is 71.7 Å². The molecular weight excluding hydrogens is 340 g/mol. The summed E-state index contributed by atoms with van der Waals surface area (Å²) >= 11 is 0. The second-order valence-corrected chi connectivity index (χ2v) is 6.39. The molecule has 2 aromatic carbocycles. The van der Waals surface area contributed by atoms with Gasteiger partial charge in [-0.05, 0) is 43.2 Å². The lowest BCUT2D eigenvalue weighted by atomic mass is 10.1. The molecule has 0 saturated heterocycles. The van der Waals surface area contributed by atoms with Crippen LogP contribution in [0.2, 0.25) is 0 Å². The highest BCUT2D eigenvalue weighted by molar-refractivity contribution is 5.81. The van der Waals surface area contributed by atoms with Crippen molar-refractivity contribution in [2.24, 2.45) is 0 Å². The molecule has 0 atom stereocenters. The Morgan fingerprint density at radius 2 is 1.89 bits per heavy atom. The van der Waals surface area contributed by atoms with E-state index in [1.165, 1.54) is 7.11 Å². The number of fused-ring (bicyclic) bond motifs is 1. The van der Waals surface area contributed by atoms with Crippen molar-refractivity contribution < 1.29 is 9.84 Å². The van der Waals surface area contributed by atoms with Crippen molar-refractivity contribution in [3.05, 3.63) is 66.1 Å². The minimum absolute atomic E-state index is 0.0935. The number of methoxy groups -OCH3 is 1. The summed E-state index contributed by atoms with van der Waals surface area (Å²) in [7, 11) is 1.53. The number of phenols is 1. The van der Waals surface area contributed by atoms with Gasteiger partial charge in [-0.25, -0.2) is 4.98 Å². The van der Waals surface area contributed by atoms with E-state index in [0.29, 0.717) is 5.75 Å². The van der Waals surface area contributed by atoms with E-state index in [4.69, 9.17) is 9.72 Å². The Kier molecular flexibility index (Phi) is 4.16. The Hall–Kier alpha value is -3.54. The summed E-state index contributed by atoms with van der Waals surface area (Å²) in [6.07, 6.45) is 5.32. The fourth-order valence-corrected chi connectivity index (χ4v) is 3.18. The highest BCUT2D eigenvalue weighted by Crippen LogP contribution is 2.36. The zero-order chi connectivity index (χ0) is 19.0. The van der Waals surface area contributed by atoms with Crippen LogP contribution in [0, 0.1) is 13.8 Å². The molecule has 2 heterocycles. The molecule has 0 fully saturated rings. The number of anilines is 2. The number of aromatic hydroxyl groups is 1. The third-order valence-electron chi connectivity index (χ3n) is 4.61. The molecule has 2 N–H and O–H groups in total. The highest BCUT2D eigenvalue weighted by Gasteiger charge is 2.17. The van der Waals surface area contributed by atoms with Crippen LogP contribution in [0.15, 0.2) is 55.0 Å². The van der Waals surface area contributed by atoms with Gasteiger partial charge in [0.05, 0.1) is 13.3 Å². The minimum Gasteiger partial charge on any atom is -0.504 e. The van der Waals surface area contributed by atoms with Crippen molar-refractivity contribution in [3.63, 3.8) is 0 Å². The first-order valence-electron chi connectivity index (χ1n) is 8.61. The number of aryl methyl sites for hydroxylation is 2. The van der Waals surface area contributed by atoms with Gasteiger partial charge < -0.3 is 15.2 Å². The summed E-state index contributed by atoms with van der Waals surface area (Å²) in [4.78, 5) is 8.92. The third-order valence-corrected chi connectivity index (χ3v) is 4.61. The molecule has 0 aliphatic heterocycles. The lowest BCUT2D eigenvalue weighted by molar-refractivity contribution is 0.373. The molecule has 0 spiro atoms. The fourth-order valence-electron chi connectivity index (χ4n) is 3.18. The standard InChI is InChI=1S/C21H20N4O2/c1-13-5-4-6-14(2)19(13)24-21-20(23-18-12-22-9-10-25(18)21)15-7-8-16(26)17(11-15)27-3/h4-12,24,26H,1-3H3. The number of ether oxygens (including phenoxy) is 1. The van der Waals surface area contributed by atoms with Gasteiger partial charge in [0.25, 0.3) is 0 Å². The predicted molar refractivity (Wildman–Crippen MR) is 106 cm³/mol. The van der Waals surface area contributed by atoms with Crippen LogP contribution in [0.1, 0.15) is 11.1 Å². The van der Waals surface area contributed by atoms with Gasteiger partial charge >= 0.3 is 0 Å². The van der Waals surface area contributed by atoms with Crippen LogP contribution in [-0.2, 0) is 0 Å². The number of aromatic nitrogens is 3. The van der Waals surface area contributed by atoms with Gasteiger partial charge in [-0.15, -0.1) is 0 Å². The highest BCUT2D eigenvalue weighted by atomic mass is 16.5. The molecule has 0 amide bonds. The maximum absolute atomic E-state index is 9.92. The number of nitrogens with zero attached hydrogens (tertiary/aromatic N) is 3. The van der Waals surface area contributed by atoms with E-state index in [1.54, 1.807) is 24.5 Å². The zero-order valence-electron chi connectivity index (χ0n) is 15.4. The van der Waals surface area contributed by atoms with Crippen molar-refractivity contribution in [1.29, 1.82) is 0 Å². The molecule has 0 radical (unpaired) electrons. The molecule has 2 aromatic heterocycles. The fraction of sp³-hybridized carbons (Fsp3) is 0.143. The average molecular weight is 360 g/mol. The second kappa shape index (κ2) is 6.64. The first-order valence-corrected chi connectivity index (χ1v) is 8.61. The summed E-state index contributed by atoms with van der Waals surface area (Å²) in [5.74, 6) is 1.33. The van der Waals surface area contributed by atoms with Crippen LogP contribution < -0.4 is 10.1 Å². The smallest absolute Gasteiger partial charge is 0.161 e. The van der Waals surface area contributed by atoms with E-state index >= 15 is 0 Å². The normalized spacial score (nSPS) is 10.9. The van der Waals surface area contributed by atoms with Crippen molar-refractivity contribution in [1.82, 2.24) is 14.4 Å². The molecule has 4 rings (SSSR count). The zero-order valence-corrected chi connectivity index (χ0v) is 15.4. The summed E-state index contributed by atoms with van der Waals surface area (Å²) < 4.78 is 7.23. The van der Waals surface area contributed by atoms with Gasteiger partial charge in [-0.2, -0.15) is 0 Å². The molecule has 0 saturated carbocycles. The van der Waals surface area contributed by atoms with Crippen molar-refractivity contribution >= 4 is 17.2 Å². The average Bonchev–Trinajstić information content (AvgIpc) is 3.04. The maximum atomic E-state index is 9.92. The van der Waals surface area contributed by atoms with Gasteiger partial charge in [0, 0.05) is 23.6 Å². The van der Waals surface area contributed by atoms with E-state index in [1.807, 2.05) is 22.7 Å². The van der Waals surface area contributed by atoms with Gasteiger partial charge in [-0.3, -0.25) is 9.38 Å². The summed E-state index contributed by atoms with van der Waals surface area (Å²) in [6, 6.07) is 11.4. The molecular formula is C21H20N4O2. The van der Waals surface area contributed by atoms with Gasteiger partial charge in [0.15, 0.2) is 17.1 Å². The quantitative estimate of drug-likeness (QED) is 0.562. The third kappa shape index (κ3) is 2.95. The van der Waals surface area contributed by atoms with Gasteiger partial charge in [0.2, 0.25) is 0 Å². The van der Waals surface area contributed by atoms with Crippen LogP contribution in [-0.4, -0.2) is 26.6 Å². The predicted octanol–water partition coefficient (Wildman–Crippen LogP) is 4.47. The van der Waals surface area contributed by atoms with Crippen molar-refractivity contribution in [2.45, 2.75) is 13.8 Å². The molecule has 0 aliphatic rings. The van der Waals surface area contributed by atoms with E-state index in [0.717, 1.165) is 39.5 Å². The van der Waals surface area contributed by atoms with Gasteiger partial charge in [-0.1, -0.05) is 18.2 Å². The summed E-state index contributed by atoms with van der Waals surface area (Å²) in [5, 5.41) is 13.5. The van der Waals surface area contributed by atoms with E-state index < -0.39 is 0 Å². The van der Waals surface area contributed by atoms with Crippen LogP contribution in [0.3, 0.4) is 0 Å². The minimum atomic E-state index is 0.0935. The number of para-hydroxylation sites is 1. The molecule has 0 bridgehead atoms. The number of hydrogen-bond acceptors (Lipinski definition) is 5. The first-order chi connectivity index (χ1) is 13.1. The second-order valence-electron chi connectivity index (χ2n) is 6.39. The van der Waals surface area contributed by atoms with Crippen LogP contribution in [0.5, 0.6) is 11.5 Å². The maximum Gasteiger partial charge on any atom is 0.161 e. The lowest BCUT2D eigenvalue weighted by Gasteiger charge is -2.14. The lowest BCUT2D eigenvalue weighted by Crippen LogP contribution is -2.00. The molecule has 136 valence electrons. The van der Waals surface area contributed by atoms with E-state index in [9.17, 15) is 5.11 Å².